The van der Waals surface area contributed by atoms with Gasteiger partial charge in [0.25, 0.3) is 5.91 Å². The van der Waals surface area contributed by atoms with Crippen molar-refractivity contribution in [2.75, 3.05) is 0 Å². The van der Waals surface area contributed by atoms with Crippen molar-refractivity contribution in [1.82, 2.24) is 10.3 Å². The van der Waals surface area contributed by atoms with E-state index < -0.39 is 0 Å². The molecule has 4 aromatic rings. The molecule has 1 aromatic heterocycles. The van der Waals surface area contributed by atoms with E-state index in [-0.39, 0.29) is 5.91 Å². The number of aromatic nitrogens is 1. The summed E-state index contributed by atoms with van der Waals surface area (Å²) >= 11 is 7.76. The van der Waals surface area contributed by atoms with Gasteiger partial charge in [-0.3, -0.25) is 4.79 Å². The van der Waals surface area contributed by atoms with Crippen molar-refractivity contribution in [3.05, 3.63) is 101 Å². The molecule has 0 spiro atoms. The first-order valence-corrected chi connectivity index (χ1v) is 10.5. The summed E-state index contributed by atoms with van der Waals surface area (Å²) in [6, 6.07) is 25.3. The van der Waals surface area contributed by atoms with Gasteiger partial charge in [0.15, 0.2) is 0 Å². The van der Waals surface area contributed by atoms with Gasteiger partial charge in [-0.05, 0) is 42.8 Å². The van der Waals surface area contributed by atoms with E-state index in [4.69, 9.17) is 16.6 Å². The molecule has 3 aromatic carbocycles. The average molecular weight is 419 g/mol. The van der Waals surface area contributed by atoms with E-state index in [2.05, 4.69) is 36.5 Å². The van der Waals surface area contributed by atoms with E-state index in [1.807, 2.05) is 54.6 Å². The molecule has 1 heterocycles. The summed E-state index contributed by atoms with van der Waals surface area (Å²) in [7, 11) is 0. The SMILES string of the molecule is Cc1ccc(Sc2cc(C(=O)NCc3ccccc3Cl)c3ccccc3n2)cc1. The molecule has 0 saturated carbocycles. The Labute approximate surface area is 179 Å². The van der Waals surface area contributed by atoms with E-state index in [1.54, 1.807) is 11.8 Å². The maximum atomic E-state index is 13.0. The van der Waals surface area contributed by atoms with Crippen molar-refractivity contribution in [2.24, 2.45) is 0 Å². The summed E-state index contributed by atoms with van der Waals surface area (Å²) < 4.78 is 0. The van der Waals surface area contributed by atoms with E-state index in [1.165, 1.54) is 5.56 Å². The van der Waals surface area contributed by atoms with E-state index in [9.17, 15) is 4.79 Å². The van der Waals surface area contributed by atoms with Crippen molar-refractivity contribution in [3.63, 3.8) is 0 Å². The zero-order valence-corrected chi connectivity index (χ0v) is 17.4. The minimum absolute atomic E-state index is 0.144. The first kappa shape index (κ1) is 19.5. The van der Waals surface area contributed by atoms with Gasteiger partial charge in [-0.2, -0.15) is 0 Å². The van der Waals surface area contributed by atoms with Crippen molar-refractivity contribution < 1.29 is 4.79 Å². The molecule has 144 valence electrons. The van der Waals surface area contributed by atoms with Crippen LogP contribution in [0.1, 0.15) is 21.5 Å². The largest absolute Gasteiger partial charge is 0.348 e. The van der Waals surface area contributed by atoms with Crippen LogP contribution in [-0.4, -0.2) is 10.9 Å². The average Bonchev–Trinajstić information content (AvgIpc) is 2.74. The standard InChI is InChI=1S/C24H19ClN2OS/c1-16-10-12-18(13-11-16)29-23-14-20(19-7-3-5-9-22(19)27-23)24(28)26-15-17-6-2-4-8-21(17)25/h2-14H,15H2,1H3,(H,26,28). The number of nitrogens with one attached hydrogen (secondary N) is 1. The first-order chi connectivity index (χ1) is 14.1. The van der Waals surface area contributed by atoms with Crippen molar-refractivity contribution in [1.29, 1.82) is 0 Å². The Morgan fingerprint density at radius 1 is 1.00 bits per heavy atom. The molecule has 0 aliphatic heterocycles. The van der Waals surface area contributed by atoms with Crippen LogP contribution < -0.4 is 5.32 Å². The fraction of sp³-hybridized carbons (Fsp3) is 0.0833. The molecular weight excluding hydrogens is 400 g/mol. The second-order valence-corrected chi connectivity index (χ2v) is 8.22. The van der Waals surface area contributed by atoms with Gasteiger partial charge in [0.1, 0.15) is 5.03 Å². The highest BCUT2D eigenvalue weighted by Gasteiger charge is 2.14. The van der Waals surface area contributed by atoms with E-state index >= 15 is 0 Å². The summed E-state index contributed by atoms with van der Waals surface area (Å²) in [4.78, 5) is 18.8. The summed E-state index contributed by atoms with van der Waals surface area (Å²) in [6.07, 6.45) is 0. The first-order valence-electron chi connectivity index (χ1n) is 9.26. The lowest BCUT2D eigenvalue weighted by Crippen LogP contribution is -2.23. The summed E-state index contributed by atoms with van der Waals surface area (Å²) in [5.74, 6) is -0.144. The Morgan fingerprint density at radius 2 is 1.72 bits per heavy atom. The predicted molar refractivity (Wildman–Crippen MR) is 120 cm³/mol. The zero-order valence-electron chi connectivity index (χ0n) is 15.9. The summed E-state index contributed by atoms with van der Waals surface area (Å²) in [6.45, 7) is 2.43. The zero-order chi connectivity index (χ0) is 20.2. The Bertz CT molecular complexity index is 1180. The fourth-order valence-corrected chi connectivity index (χ4v) is 4.07. The molecule has 29 heavy (non-hydrogen) atoms. The third-order valence-corrected chi connectivity index (χ3v) is 5.87. The maximum absolute atomic E-state index is 13.0. The lowest BCUT2D eigenvalue weighted by atomic mass is 10.1. The highest BCUT2D eigenvalue weighted by Crippen LogP contribution is 2.30. The van der Waals surface area contributed by atoms with Crippen LogP contribution >= 0.6 is 23.4 Å². The van der Waals surface area contributed by atoms with Crippen LogP contribution in [0.25, 0.3) is 10.9 Å². The van der Waals surface area contributed by atoms with E-state index in [0.29, 0.717) is 17.1 Å². The van der Waals surface area contributed by atoms with Gasteiger partial charge in [-0.15, -0.1) is 0 Å². The second kappa shape index (κ2) is 8.68. The monoisotopic (exact) mass is 418 g/mol. The lowest BCUT2D eigenvalue weighted by Gasteiger charge is -2.11. The van der Waals surface area contributed by atoms with Gasteiger partial charge in [0.2, 0.25) is 0 Å². The fourth-order valence-electron chi connectivity index (χ4n) is 3.03. The van der Waals surface area contributed by atoms with Gasteiger partial charge in [0, 0.05) is 21.8 Å². The second-order valence-electron chi connectivity index (χ2n) is 6.71. The third-order valence-electron chi connectivity index (χ3n) is 4.58. The molecular formula is C24H19ClN2OS. The van der Waals surface area contributed by atoms with Gasteiger partial charge in [0.05, 0.1) is 11.1 Å². The van der Waals surface area contributed by atoms with Crippen LogP contribution in [0.15, 0.2) is 88.8 Å². The van der Waals surface area contributed by atoms with Crippen LogP contribution in [-0.2, 0) is 6.54 Å². The number of benzene rings is 3. The number of carbonyl (C=O) groups excluding carboxylic acids is 1. The van der Waals surface area contributed by atoms with Crippen molar-refractivity contribution in [3.8, 4) is 0 Å². The number of hydrogen-bond acceptors (Lipinski definition) is 3. The molecule has 0 saturated heterocycles. The minimum atomic E-state index is -0.144. The van der Waals surface area contributed by atoms with Crippen LogP contribution in [0.3, 0.4) is 0 Å². The lowest BCUT2D eigenvalue weighted by molar-refractivity contribution is 0.0952. The molecule has 0 bridgehead atoms. The highest BCUT2D eigenvalue weighted by molar-refractivity contribution is 7.99. The van der Waals surface area contributed by atoms with Crippen molar-refractivity contribution in [2.45, 2.75) is 23.4 Å². The molecule has 4 rings (SSSR count). The number of para-hydroxylation sites is 1. The molecule has 0 unspecified atom stereocenters. The molecule has 0 atom stereocenters. The third kappa shape index (κ3) is 4.61. The highest BCUT2D eigenvalue weighted by atomic mass is 35.5. The number of nitrogens with zero attached hydrogens (tertiary/aromatic N) is 1. The number of carbonyl (C=O) groups is 1. The Kier molecular flexibility index (Phi) is 5.84. The van der Waals surface area contributed by atoms with E-state index in [0.717, 1.165) is 26.4 Å². The number of rotatable bonds is 5. The number of amides is 1. The number of fused-ring (bicyclic) bond motifs is 1. The van der Waals surface area contributed by atoms with Crippen LogP contribution in [0.2, 0.25) is 5.02 Å². The number of pyridine rings is 1. The van der Waals surface area contributed by atoms with Gasteiger partial charge in [-0.25, -0.2) is 4.98 Å². The summed E-state index contributed by atoms with van der Waals surface area (Å²) in [5.41, 5.74) is 3.50. The molecule has 3 nitrogen and oxygen atoms in total. The Hall–Kier alpha value is -2.82. The molecule has 1 amide bonds. The summed E-state index contributed by atoms with van der Waals surface area (Å²) in [5, 5.41) is 5.25. The number of halogens is 1. The quantitative estimate of drug-likeness (QED) is 0.414. The van der Waals surface area contributed by atoms with Crippen LogP contribution in [0.5, 0.6) is 0 Å². The smallest absolute Gasteiger partial charge is 0.252 e. The predicted octanol–water partition coefficient (Wildman–Crippen LogP) is 6.28. The molecule has 1 N–H and O–H groups in total. The molecule has 0 radical (unpaired) electrons. The van der Waals surface area contributed by atoms with Gasteiger partial charge < -0.3 is 5.32 Å². The minimum Gasteiger partial charge on any atom is -0.348 e. The van der Waals surface area contributed by atoms with Gasteiger partial charge >= 0.3 is 0 Å². The number of hydrogen-bond donors (Lipinski definition) is 1. The topological polar surface area (TPSA) is 42.0 Å². The Morgan fingerprint density at radius 3 is 2.52 bits per heavy atom. The molecule has 0 aliphatic carbocycles. The molecule has 0 aliphatic rings. The van der Waals surface area contributed by atoms with Crippen LogP contribution in [0.4, 0.5) is 0 Å². The maximum Gasteiger partial charge on any atom is 0.252 e. The Balaban J connectivity index is 1.64. The van der Waals surface area contributed by atoms with Crippen LogP contribution in [0, 0.1) is 6.92 Å². The van der Waals surface area contributed by atoms with Crippen molar-refractivity contribution >= 4 is 40.2 Å². The molecule has 5 heteroatoms. The normalized spacial score (nSPS) is 10.8. The number of aryl methyl sites for hydroxylation is 1. The molecule has 0 fully saturated rings. The van der Waals surface area contributed by atoms with Gasteiger partial charge in [-0.1, -0.05) is 77.5 Å².